The van der Waals surface area contributed by atoms with Gasteiger partial charge in [0.15, 0.2) is 0 Å². The van der Waals surface area contributed by atoms with Crippen LogP contribution < -0.4 is 5.73 Å². The van der Waals surface area contributed by atoms with Gasteiger partial charge in [-0.3, -0.25) is 4.79 Å². The Kier molecular flexibility index (Phi) is 2.46. The molecular weight excluding hydrogens is 236 g/mol. The first-order chi connectivity index (χ1) is 9.24. The molecule has 0 spiro atoms. The Morgan fingerprint density at radius 1 is 1.11 bits per heavy atom. The van der Waals surface area contributed by atoms with Gasteiger partial charge in [-0.2, -0.15) is 0 Å². The summed E-state index contributed by atoms with van der Waals surface area (Å²) in [6.45, 7) is 1.55. The number of fused-ring (bicyclic) bond motifs is 3. The lowest BCUT2D eigenvalue weighted by Crippen LogP contribution is -2.45. The molecule has 2 aliphatic carbocycles. The number of carbonyl (C=O) groups is 1. The maximum absolute atomic E-state index is 12.8. The molecule has 3 aliphatic rings. The molecule has 4 rings (SSSR count). The van der Waals surface area contributed by atoms with Crippen molar-refractivity contribution in [2.45, 2.75) is 38.4 Å². The fraction of sp³-hybridized carbons (Fsp3) is 0.562. The zero-order chi connectivity index (χ0) is 13.0. The highest BCUT2D eigenvalue weighted by Crippen LogP contribution is 2.48. The van der Waals surface area contributed by atoms with Gasteiger partial charge in [-0.05, 0) is 42.2 Å². The topological polar surface area (TPSA) is 46.3 Å². The Balaban J connectivity index is 1.54. The molecule has 1 aliphatic heterocycles. The van der Waals surface area contributed by atoms with Crippen molar-refractivity contribution in [3.8, 4) is 0 Å². The SMILES string of the molecule is NC1C2CCC(C2)C1C(=O)N1Cc2ccccc2C1. The first-order valence-corrected chi connectivity index (χ1v) is 7.35. The maximum Gasteiger partial charge on any atom is 0.228 e. The molecule has 1 heterocycles. The highest BCUT2D eigenvalue weighted by Gasteiger charge is 2.50. The fourth-order valence-corrected chi connectivity index (χ4v) is 4.40. The van der Waals surface area contributed by atoms with E-state index in [1.807, 2.05) is 4.90 Å². The summed E-state index contributed by atoms with van der Waals surface area (Å²) in [7, 11) is 0. The molecule has 2 saturated carbocycles. The molecule has 3 heteroatoms. The second-order valence-electron chi connectivity index (χ2n) is 6.40. The predicted octanol–water partition coefficient (Wildman–Crippen LogP) is 1.90. The average molecular weight is 256 g/mol. The third-order valence-electron chi connectivity index (χ3n) is 5.42. The van der Waals surface area contributed by atoms with Gasteiger partial charge >= 0.3 is 0 Å². The Labute approximate surface area is 113 Å². The monoisotopic (exact) mass is 256 g/mol. The molecule has 4 atom stereocenters. The van der Waals surface area contributed by atoms with Crippen LogP contribution in [0.25, 0.3) is 0 Å². The van der Waals surface area contributed by atoms with Gasteiger partial charge in [-0.1, -0.05) is 24.3 Å². The van der Waals surface area contributed by atoms with Crippen LogP contribution in [0.15, 0.2) is 24.3 Å². The van der Waals surface area contributed by atoms with Gasteiger partial charge in [0.25, 0.3) is 0 Å². The summed E-state index contributed by atoms with van der Waals surface area (Å²) in [5.41, 5.74) is 8.89. The quantitative estimate of drug-likeness (QED) is 0.834. The van der Waals surface area contributed by atoms with Gasteiger partial charge < -0.3 is 10.6 Å². The molecule has 100 valence electrons. The molecule has 2 bridgehead atoms. The van der Waals surface area contributed by atoms with Crippen LogP contribution in [-0.2, 0) is 17.9 Å². The minimum absolute atomic E-state index is 0.0908. The fourth-order valence-electron chi connectivity index (χ4n) is 4.40. The molecule has 1 aromatic carbocycles. The van der Waals surface area contributed by atoms with Crippen molar-refractivity contribution in [3.63, 3.8) is 0 Å². The van der Waals surface area contributed by atoms with E-state index in [1.165, 1.54) is 30.4 Å². The largest absolute Gasteiger partial charge is 0.334 e. The first kappa shape index (κ1) is 11.5. The molecule has 4 unspecified atom stereocenters. The van der Waals surface area contributed by atoms with Crippen LogP contribution in [-0.4, -0.2) is 16.8 Å². The molecule has 19 heavy (non-hydrogen) atoms. The average Bonchev–Trinajstić information content (AvgIpc) is 3.11. The second-order valence-corrected chi connectivity index (χ2v) is 6.40. The van der Waals surface area contributed by atoms with Crippen molar-refractivity contribution in [1.29, 1.82) is 0 Å². The number of hydrogen-bond acceptors (Lipinski definition) is 2. The second kappa shape index (κ2) is 4.07. The summed E-state index contributed by atoms with van der Waals surface area (Å²) >= 11 is 0. The van der Waals surface area contributed by atoms with Crippen LogP contribution in [0.2, 0.25) is 0 Å². The molecule has 1 amide bonds. The molecule has 0 aromatic heterocycles. The smallest absolute Gasteiger partial charge is 0.228 e. The van der Waals surface area contributed by atoms with Gasteiger partial charge in [-0.25, -0.2) is 0 Å². The standard InChI is InChI=1S/C16H20N2O/c17-15-11-6-5-10(7-11)14(15)16(19)18-8-12-3-1-2-4-13(12)9-18/h1-4,10-11,14-15H,5-9,17H2. The number of hydrogen-bond donors (Lipinski definition) is 1. The molecule has 3 nitrogen and oxygen atoms in total. The third-order valence-corrected chi connectivity index (χ3v) is 5.42. The number of nitrogens with two attached hydrogens (primary N) is 1. The number of amides is 1. The number of rotatable bonds is 1. The summed E-state index contributed by atoms with van der Waals surface area (Å²) < 4.78 is 0. The highest BCUT2D eigenvalue weighted by atomic mass is 16.2. The summed E-state index contributed by atoms with van der Waals surface area (Å²) in [4.78, 5) is 14.8. The summed E-state index contributed by atoms with van der Waals surface area (Å²) in [6.07, 6.45) is 3.61. The molecule has 0 radical (unpaired) electrons. The van der Waals surface area contributed by atoms with E-state index in [4.69, 9.17) is 5.73 Å². The van der Waals surface area contributed by atoms with Gasteiger partial charge in [0, 0.05) is 19.1 Å². The Morgan fingerprint density at radius 2 is 1.74 bits per heavy atom. The first-order valence-electron chi connectivity index (χ1n) is 7.35. The van der Waals surface area contributed by atoms with Crippen LogP contribution in [0, 0.1) is 17.8 Å². The van der Waals surface area contributed by atoms with E-state index >= 15 is 0 Å². The van der Waals surface area contributed by atoms with Crippen molar-refractivity contribution in [1.82, 2.24) is 4.90 Å². The molecule has 0 saturated heterocycles. The summed E-state index contributed by atoms with van der Waals surface area (Å²) in [5, 5.41) is 0. The minimum atomic E-state index is 0.0908. The van der Waals surface area contributed by atoms with Crippen LogP contribution in [0.4, 0.5) is 0 Å². The van der Waals surface area contributed by atoms with Crippen molar-refractivity contribution >= 4 is 5.91 Å². The van der Waals surface area contributed by atoms with E-state index in [0.717, 1.165) is 13.1 Å². The van der Waals surface area contributed by atoms with Gasteiger partial charge in [0.2, 0.25) is 5.91 Å². The molecule has 2 fully saturated rings. The van der Waals surface area contributed by atoms with Crippen LogP contribution in [0.3, 0.4) is 0 Å². The zero-order valence-electron chi connectivity index (χ0n) is 11.1. The molecule has 1 aromatic rings. The molecular formula is C16H20N2O. The summed E-state index contributed by atoms with van der Waals surface area (Å²) in [6, 6.07) is 8.47. The van der Waals surface area contributed by atoms with Crippen molar-refractivity contribution in [2.24, 2.45) is 23.5 Å². The lowest BCUT2D eigenvalue weighted by molar-refractivity contribution is -0.138. The lowest BCUT2D eigenvalue weighted by Gasteiger charge is -2.30. The van der Waals surface area contributed by atoms with Gasteiger partial charge in [0.1, 0.15) is 0 Å². The Bertz CT molecular complexity index is 500. The van der Waals surface area contributed by atoms with E-state index in [-0.39, 0.29) is 12.0 Å². The normalized spacial score (nSPS) is 35.7. The van der Waals surface area contributed by atoms with Crippen LogP contribution >= 0.6 is 0 Å². The van der Waals surface area contributed by atoms with Crippen LogP contribution in [0.5, 0.6) is 0 Å². The van der Waals surface area contributed by atoms with Gasteiger partial charge in [0.05, 0.1) is 5.92 Å². The predicted molar refractivity (Wildman–Crippen MR) is 73.0 cm³/mol. The van der Waals surface area contributed by atoms with Crippen LogP contribution in [0.1, 0.15) is 30.4 Å². The van der Waals surface area contributed by atoms with Crippen molar-refractivity contribution < 1.29 is 4.79 Å². The lowest BCUT2D eigenvalue weighted by atomic mass is 9.84. The Morgan fingerprint density at radius 3 is 2.32 bits per heavy atom. The number of nitrogens with zero attached hydrogens (tertiary/aromatic N) is 1. The minimum Gasteiger partial charge on any atom is -0.334 e. The maximum atomic E-state index is 12.8. The van der Waals surface area contributed by atoms with E-state index in [9.17, 15) is 4.79 Å². The number of benzene rings is 1. The zero-order valence-corrected chi connectivity index (χ0v) is 11.1. The molecule has 2 N–H and O–H groups in total. The van der Waals surface area contributed by atoms with E-state index in [1.54, 1.807) is 0 Å². The van der Waals surface area contributed by atoms with Crippen molar-refractivity contribution in [2.75, 3.05) is 0 Å². The third kappa shape index (κ3) is 1.64. The van der Waals surface area contributed by atoms with E-state index < -0.39 is 0 Å². The van der Waals surface area contributed by atoms with Gasteiger partial charge in [-0.15, -0.1) is 0 Å². The van der Waals surface area contributed by atoms with E-state index in [0.29, 0.717) is 17.7 Å². The Hall–Kier alpha value is -1.35. The summed E-state index contributed by atoms with van der Waals surface area (Å²) in [5.74, 6) is 1.55. The highest BCUT2D eigenvalue weighted by molar-refractivity contribution is 5.81. The van der Waals surface area contributed by atoms with E-state index in [2.05, 4.69) is 24.3 Å². The number of carbonyl (C=O) groups excluding carboxylic acids is 1. The van der Waals surface area contributed by atoms with Crippen molar-refractivity contribution in [3.05, 3.63) is 35.4 Å².